The summed E-state index contributed by atoms with van der Waals surface area (Å²) in [5.41, 5.74) is 7.97. The molecule has 1 aliphatic rings. The number of hydrogen-bond acceptors (Lipinski definition) is 6. The normalized spacial score (nSPS) is 19.3. The number of carboxylic acid groups (broad SMARTS) is 2. The number of rotatable bonds is 12. The van der Waals surface area contributed by atoms with Crippen LogP contribution in [0.3, 0.4) is 0 Å². The first-order valence-corrected chi connectivity index (χ1v) is 11.0. The Hall–Kier alpha value is -2.29. The third-order valence-corrected chi connectivity index (χ3v) is 6.35. The fourth-order valence-corrected chi connectivity index (χ4v) is 4.80. The summed E-state index contributed by atoms with van der Waals surface area (Å²) in [5.74, 6) is -2.68. The van der Waals surface area contributed by atoms with Gasteiger partial charge in [0.25, 0.3) is 0 Å². The average Bonchev–Trinajstić information content (AvgIpc) is 2.99. The van der Waals surface area contributed by atoms with Gasteiger partial charge in [-0.3, -0.25) is 5.73 Å². The molecule has 7 nitrogen and oxygen atoms in total. The highest BCUT2D eigenvalue weighted by molar-refractivity contribution is 8.04. The summed E-state index contributed by atoms with van der Waals surface area (Å²) in [7, 11) is 0. The first-order valence-electron chi connectivity index (χ1n) is 10.2. The number of carboxylic acids is 2. The lowest BCUT2D eigenvalue weighted by atomic mass is 10.1. The molecule has 0 amide bonds. The summed E-state index contributed by atoms with van der Waals surface area (Å²) in [4.78, 5) is 24.4. The van der Waals surface area contributed by atoms with Gasteiger partial charge in [0.05, 0.1) is 5.57 Å². The van der Waals surface area contributed by atoms with Crippen molar-refractivity contribution in [2.75, 3.05) is 19.6 Å². The van der Waals surface area contributed by atoms with Crippen LogP contribution in [0.4, 0.5) is 0 Å². The van der Waals surface area contributed by atoms with Crippen molar-refractivity contribution in [3.8, 4) is 0 Å². The van der Waals surface area contributed by atoms with E-state index in [0.29, 0.717) is 6.08 Å². The minimum Gasteiger partial charge on any atom is -0.478 e. The standard InChI is InChI=1S/C22H31N3O4S/c1-3-12-25(14-11-17-8-5-4-6-9-17)13-7-10-19-16(2)24-22(23,30-19)18(21(28)29)15-20(26)27/h4-6,8-9,15,24H,3,7,10-14,23H2,1-2H3,(H,26,27)(H,28,29). The molecule has 0 spiro atoms. The molecule has 1 aromatic carbocycles. The van der Waals surface area contributed by atoms with Crippen LogP contribution in [0.2, 0.25) is 0 Å². The summed E-state index contributed by atoms with van der Waals surface area (Å²) in [5, 5.41) is 21.3. The molecule has 0 aliphatic carbocycles. The van der Waals surface area contributed by atoms with Gasteiger partial charge in [-0.2, -0.15) is 0 Å². The lowest BCUT2D eigenvalue weighted by molar-refractivity contribution is -0.135. The van der Waals surface area contributed by atoms with Crippen LogP contribution in [0.1, 0.15) is 38.7 Å². The van der Waals surface area contributed by atoms with Gasteiger partial charge in [0.2, 0.25) is 0 Å². The first-order chi connectivity index (χ1) is 14.2. The molecular formula is C22H31N3O4S. The third kappa shape index (κ3) is 6.90. The van der Waals surface area contributed by atoms with E-state index >= 15 is 0 Å². The van der Waals surface area contributed by atoms with E-state index in [0.717, 1.165) is 55.9 Å². The monoisotopic (exact) mass is 433 g/mol. The molecule has 1 heterocycles. The van der Waals surface area contributed by atoms with E-state index in [1.807, 2.05) is 13.0 Å². The Morgan fingerprint density at radius 3 is 2.47 bits per heavy atom. The highest BCUT2D eigenvalue weighted by Gasteiger charge is 2.41. The Morgan fingerprint density at radius 2 is 1.87 bits per heavy atom. The third-order valence-electron chi connectivity index (χ3n) is 4.95. The number of allylic oxidation sites excluding steroid dienone is 2. The second-order valence-electron chi connectivity index (χ2n) is 7.39. The molecule has 8 heteroatoms. The molecule has 0 saturated carbocycles. The summed E-state index contributed by atoms with van der Waals surface area (Å²) >= 11 is 1.19. The molecule has 0 aromatic heterocycles. The minimum absolute atomic E-state index is 0.371. The van der Waals surface area contributed by atoms with Gasteiger partial charge in [-0.15, -0.1) is 0 Å². The van der Waals surface area contributed by atoms with E-state index in [-0.39, 0.29) is 5.57 Å². The number of hydrogen-bond donors (Lipinski definition) is 4. The van der Waals surface area contributed by atoms with E-state index in [1.54, 1.807) is 0 Å². The molecule has 30 heavy (non-hydrogen) atoms. The van der Waals surface area contributed by atoms with Crippen molar-refractivity contribution in [1.82, 2.24) is 10.2 Å². The van der Waals surface area contributed by atoms with Crippen molar-refractivity contribution in [3.63, 3.8) is 0 Å². The molecule has 1 aromatic rings. The Morgan fingerprint density at radius 1 is 1.17 bits per heavy atom. The SMILES string of the molecule is CCCN(CCCC1=C(C)NC(N)(C(=CC(=O)O)C(=O)O)S1)CCc1ccccc1. The highest BCUT2D eigenvalue weighted by atomic mass is 32.2. The van der Waals surface area contributed by atoms with Crippen LogP contribution in [-0.4, -0.2) is 51.7 Å². The van der Waals surface area contributed by atoms with Gasteiger partial charge in [-0.25, -0.2) is 9.59 Å². The van der Waals surface area contributed by atoms with Gasteiger partial charge in [0, 0.05) is 23.2 Å². The number of nitrogens with two attached hydrogens (primary N) is 1. The predicted molar refractivity (Wildman–Crippen MR) is 120 cm³/mol. The van der Waals surface area contributed by atoms with Gasteiger partial charge >= 0.3 is 11.9 Å². The molecule has 164 valence electrons. The highest BCUT2D eigenvalue weighted by Crippen LogP contribution is 2.41. The summed E-state index contributed by atoms with van der Waals surface area (Å²) < 4.78 is 0. The number of nitrogens with zero attached hydrogens (tertiary/aromatic N) is 1. The topological polar surface area (TPSA) is 116 Å². The van der Waals surface area contributed by atoms with E-state index in [4.69, 9.17) is 10.8 Å². The van der Waals surface area contributed by atoms with Crippen molar-refractivity contribution >= 4 is 23.7 Å². The summed E-state index contributed by atoms with van der Waals surface area (Å²) in [6, 6.07) is 10.4. The van der Waals surface area contributed by atoms with Crippen LogP contribution >= 0.6 is 11.8 Å². The molecule has 0 radical (unpaired) electrons. The zero-order valence-electron chi connectivity index (χ0n) is 17.6. The van der Waals surface area contributed by atoms with Crippen molar-refractivity contribution < 1.29 is 19.8 Å². The second-order valence-corrected chi connectivity index (χ2v) is 8.73. The van der Waals surface area contributed by atoms with Crippen molar-refractivity contribution in [3.05, 3.63) is 58.1 Å². The van der Waals surface area contributed by atoms with Crippen molar-refractivity contribution in [2.24, 2.45) is 5.73 Å². The van der Waals surface area contributed by atoms with E-state index in [1.165, 1.54) is 17.3 Å². The van der Waals surface area contributed by atoms with Gasteiger partial charge < -0.3 is 20.4 Å². The molecule has 0 bridgehead atoms. The zero-order chi connectivity index (χ0) is 22.1. The smallest absolute Gasteiger partial charge is 0.336 e. The Bertz CT molecular complexity index is 810. The molecular weight excluding hydrogens is 402 g/mol. The molecule has 0 fully saturated rings. The van der Waals surface area contributed by atoms with E-state index in [9.17, 15) is 14.7 Å². The van der Waals surface area contributed by atoms with Gasteiger partial charge in [0.15, 0.2) is 4.99 Å². The van der Waals surface area contributed by atoms with Crippen LogP contribution in [0.25, 0.3) is 0 Å². The molecule has 5 N–H and O–H groups in total. The second kappa shape index (κ2) is 11.2. The van der Waals surface area contributed by atoms with Crippen LogP contribution in [0.15, 0.2) is 52.6 Å². The largest absolute Gasteiger partial charge is 0.478 e. The zero-order valence-corrected chi connectivity index (χ0v) is 18.4. The maximum Gasteiger partial charge on any atom is 0.336 e. The van der Waals surface area contributed by atoms with E-state index in [2.05, 4.69) is 41.4 Å². The lowest BCUT2D eigenvalue weighted by Crippen LogP contribution is -2.50. The Labute approximate surface area is 182 Å². The maximum atomic E-state index is 11.5. The molecule has 0 saturated heterocycles. The molecule has 2 rings (SSSR count). The molecule has 1 aliphatic heterocycles. The van der Waals surface area contributed by atoms with Gasteiger partial charge in [0.1, 0.15) is 0 Å². The van der Waals surface area contributed by atoms with Crippen LogP contribution < -0.4 is 11.1 Å². The average molecular weight is 434 g/mol. The summed E-state index contributed by atoms with van der Waals surface area (Å²) in [6.45, 7) is 6.97. The Kier molecular flexibility index (Phi) is 8.95. The fraction of sp³-hybridized carbons (Fsp3) is 0.455. The van der Waals surface area contributed by atoms with Crippen LogP contribution in [-0.2, 0) is 16.0 Å². The van der Waals surface area contributed by atoms with Crippen LogP contribution in [0.5, 0.6) is 0 Å². The van der Waals surface area contributed by atoms with Crippen LogP contribution in [0, 0.1) is 0 Å². The summed E-state index contributed by atoms with van der Waals surface area (Å²) in [6.07, 6.45) is 4.42. The lowest BCUT2D eigenvalue weighted by Gasteiger charge is -2.25. The number of carbonyl (C=O) groups is 2. The van der Waals surface area contributed by atoms with Gasteiger partial charge in [-0.1, -0.05) is 49.0 Å². The number of nitrogens with one attached hydrogen (secondary N) is 1. The maximum absolute atomic E-state index is 11.5. The Balaban J connectivity index is 1.91. The number of thioether (sulfide) groups is 1. The quantitative estimate of drug-likeness (QED) is 0.372. The first kappa shape index (κ1) is 24.0. The fourth-order valence-electron chi connectivity index (χ4n) is 3.50. The molecule has 1 atom stereocenters. The van der Waals surface area contributed by atoms with Crippen molar-refractivity contribution in [2.45, 2.75) is 44.5 Å². The number of benzene rings is 1. The predicted octanol–water partition coefficient (Wildman–Crippen LogP) is 3.00. The van der Waals surface area contributed by atoms with E-state index < -0.39 is 16.9 Å². The minimum atomic E-state index is -1.47. The van der Waals surface area contributed by atoms with Gasteiger partial charge in [-0.05, 0) is 51.3 Å². The van der Waals surface area contributed by atoms with Crippen molar-refractivity contribution in [1.29, 1.82) is 0 Å². The molecule has 1 unspecified atom stereocenters. The number of aliphatic carboxylic acids is 2.